The fraction of sp³-hybridized carbons (Fsp3) is 0.357. The van der Waals surface area contributed by atoms with Gasteiger partial charge >= 0.3 is 0 Å². The molecule has 0 atom stereocenters. The maximum atomic E-state index is 5.88. The minimum Gasteiger partial charge on any atom is -0.467 e. The molecule has 0 bridgehead atoms. The molecule has 0 amide bonds. The molecule has 1 saturated carbocycles. The molecule has 94 valence electrons. The lowest BCUT2D eigenvalue weighted by atomic mass is 10.2. The molecule has 0 unspecified atom stereocenters. The molecule has 0 aliphatic heterocycles. The van der Waals surface area contributed by atoms with E-state index in [2.05, 4.69) is 16.0 Å². The Bertz CT molecular complexity index is 508. The Morgan fingerprint density at radius 3 is 2.94 bits per heavy atom. The quantitative estimate of drug-likeness (QED) is 0.772. The molecule has 3 nitrogen and oxygen atoms in total. The van der Waals surface area contributed by atoms with E-state index in [0.29, 0.717) is 11.9 Å². The van der Waals surface area contributed by atoms with Gasteiger partial charge in [-0.05, 0) is 42.7 Å². The molecule has 3 rings (SSSR count). The summed E-state index contributed by atoms with van der Waals surface area (Å²) < 4.78 is 5.42. The van der Waals surface area contributed by atoms with Gasteiger partial charge in [-0.3, -0.25) is 0 Å². The van der Waals surface area contributed by atoms with Gasteiger partial charge in [0.25, 0.3) is 0 Å². The van der Waals surface area contributed by atoms with E-state index in [0.717, 1.165) is 23.7 Å². The number of furan rings is 1. The summed E-state index contributed by atoms with van der Waals surface area (Å²) >= 11 is 5.88. The predicted molar refractivity (Wildman–Crippen MR) is 71.7 cm³/mol. The highest BCUT2D eigenvalue weighted by Crippen LogP contribution is 2.32. The van der Waals surface area contributed by atoms with Gasteiger partial charge in [0.1, 0.15) is 11.6 Å². The van der Waals surface area contributed by atoms with Crippen LogP contribution in [-0.4, -0.2) is 11.0 Å². The zero-order valence-corrected chi connectivity index (χ0v) is 10.8. The molecule has 0 radical (unpaired) electrons. The first-order valence-electron chi connectivity index (χ1n) is 6.17. The van der Waals surface area contributed by atoms with Gasteiger partial charge in [0, 0.05) is 18.1 Å². The van der Waals surface area contributed by atoms with Crippen molar-refractivity contribution in [3.63, 3.8) is 0 Å². The Morgan fingerprint density at radius 2 is 2.28 bits per heavy atom. The van der Waals surface area contributed by atoms with Crippen LogP contribution >= 0.6 is 11.6 Å². The Hall–Kier alpha value is -1.48. The third kappa shape index (κ3) is 2.51. The van der Waals surface area contributed by atoms with Crippen molar-refractivity contribution in [2.24, 2.45) is 0 Å². The van der Waals surface area contributed by atoms with Gasteiger partial charge < -0.3 is 9.32 Å². The first-order valence-corrected chi connectivity index (χ1v) is 6.70. The lowest BCUT2D eigenvalue weighted by Crippen LogP contribution is -2.25. The van der Waals surface area contributed by atoms with Crippen LogP contribution in [0.5, 0.6) is 0 Å². The summed E-state index contributed by atoms with van der Waals surface area (Å²) in [5, 5.41) is 0. The van der Waals surface area contributed by atoms with Crippen LogP contribution in [0.25, 0.3) is 0 Å². The smallest absolute Gasteiger partial charge is 0.129 e. The minimum absolute atomic E-state index is 0.523. The summed E-state index contributed by atoms with van der Waals surface area (Å²) in [7, 11) is 0. The summed E-state index contributed by atoms with van der Waals surface area (Å²) in [5.41, 5.74) is 1.10. The number of anilines is 1. The summed E-state index contributed by atoms with van der Waals surface area (Å²) in [6, 6.07) is 8.53. The molecule has 1 aliphatic rings. The second kappa shape index (κ2) is 5.02. The third-order valence-corrected chi connectivity index (χ3v) is 3.46. The largest absolute Gasteiger partial charge is 0.467 e. The lowest BCUT2D eigenvalue weighted by molar-refractivity contribution is 0.500. The van der Waals surface area contributed by atoms with Crippen LogP contribution in [0.4, 0.5) is 5.82 Å². The number of aromatic nitrogens is 1. The number of hydrogen-bond donors (Lipinski definition) is 0. The number of halogens is 1. The van der Waals surface area contributed by atoms with Gasteiger partial charge in [-0.15, -0.1) is 11.6 Å². The van der Waals surface area contributed by atoms with Gasteiger partial charge in [0.05, 0.1) is 12.8 Å². The standard InChI is InChI=1S/C14H15ClN2O/c15-9-11-5-6-16-14(8-11)17(12-3-4-12)10-13-2-1-7-18-13/h1-2,5-8,12H,3-4,9-10H2. The number of pyridine rings is 1. The van der Waals surface area contributed by atoms with Gasteiger partial charge in [-0.2, -0.15) is 0 Å². The molecular weight excluding hydrogens is 248 g/mol. The Balaban J connectivity index is 1.84. The molecule has 2 aromatic heterocycles. The zero-order chi connectivity index (χ0) is 12.4. The summed E-state index contributed by atoms with van der Waals surface area (Å²) in [4.78, 5) is 6.76. The molecule has 0 saturated heterocycles. The topological polar surface area (TPSA) is 29.3 Å². The Kier molecular flexibility index (Phi) is 3.24. The number of rotatable bonds is 5. The Morgan fingerprint density at radius 1 is 1.39 bits per heavy atom. The highest BCUT2D eigenvalue weighted by atomic mass is 35.5. The van der Waals surface area contributed by atoms with E-state index in [-0.39, 0.29) is 0 Å². The fourth-order valence-electron chi connectivity index (χ4n) is 2.05. The molecule has 2 aromatic rings. The van der Waals surface area contributed by atoms with Crippen molar-refractivity contribution in [2.75, 3.05) is 4.90 Å². The maximum absolute atomic E-state index is 5.88. The molecule has 4 heteroatoms. The Labute approximate surface area is 111 Å². The van der Waals surface area contributed by atoms with Crippen LogP contribution in [0.3, 0.4) is 0 Å². The normalized spacial score (nSPS) is 14.7. The molecule has 0 spiro atoms. The van der Waals surface area contributed by atoms with Crippen LogP contribution in [-0.2, 0) is 12.4 Å². The third-order valence-electron chi connectivity index (χ3n) is 3.15. The van der Waals surface area contributed by atoms with E-state index in [1.165, 1.54) is 12.8 Å². The minimum atomic E-state index is 0.523. The molecule has 18 heavy (non-hydrogen) atoms. The van der Waals surface area contributed by atoms with Crippen molar-refractivity contribution < 1.29 is 4.42 Å². The first-order chi connectivity index (χ1) is 8.86. The summed E-state index contributed by atoms with van der Waals surface area (Å²) in [6.07, 6.45) is 5.99. The zero-order valence-electron chi connectivity index (χ0n) is 10.1. The fourth-order valence-corrected chi connectivity index (χ4v) is 2.22. The number of nitrogens with zero attached hydrogens (tertiary/aromatic N) is 2. The average molecular weight is 263 g/mol. The molecule has 1 aliphatic carbocycles. The van der Waals surface area contributed by atoms with E-state index in [1.807, 2.05) is 24.4 Å². The van der Waals surface area contributed by atoms with Crippen molar-refractivity contribution in [1.82, 2.24) is 4.98 Å². The van der Waals surface area contributed by atoms with Gasteiger partial charge in [-0.1, -0.05) is 0 Å². The monoisotopic (exact) mass is 262 g/mol. The van der Waals surface area contributed by atoms with Crippen LogP contribution in [0.15, 0.2) is 41.1 Å². The first kappa shape index (κ1) is 11.6. The van der Waals surface area contributed by atoms with Crippen LogP contribution in [0.2, 0.25) is 0 Å². The van der Waals surface area contributed by atoms with Crippen molar-refractivity contribution in [3.8, 4) is 0 Å². The van der Waals surface area contributed by atoms with Crippen LogP contribution in [0.1, 0.15) is 24.2 Å². The van der Waals surface area contributed by atoms with E-state index < -0.39 is 0 Å². The van der Waals surface area contributed by atoms with E-state index in [1.54, 1.807) is 6.26 Å². The molecule has 0 N–H and O–H groups in total. The van der Waals surface area contributed by atoms with Gasteiger partial charge in [0.2, 0.25) is 0 Å². The lowest BCUT2D eigenvalue weighted by Gasteiger charge is -2.22. The summed E-state index contributed by atoms with van der Waals surface area (Å²) in [6.45, 7) is 0.774. The van der Waals surface area contributed by atoms with Crippen molar-refractivity contribution in [1.29, 1.82) is 0 Å². The van der Waals surface area contributed by atoms with E-state index >= 15 is 0 Å². The van der Waals surface area contributed by atoms with E-state index in [9.17, 15) is 0 Å². The predicted octanol–water partition coefficient (Wildman–Crippen LogP) is 3.58. The van der Waals surface area contributed by atoms with Crippen LogP contribution < -0.4 is 4.90 Å². The van der Waals surface area contributed by atoms with E-state index in [4.69, 9.17) is 16.0 Å². The van der Waals surface area contributed by atoms with Crippen molar-refractivity contribution in [2.45, 2.75) is 31.3 Å². The molecule has 0 aromatic carbocycles. The van der Waals surface area contributed by atoms with Crippen molar-refractivity contribution >= 4 is 17.4 Å². The summed E-state index contributed by atoms with van der Waals surface area (Å²) in [5.74, 6) is 2.49. The van der Waals surface area contributed by atoms with Gasteiger partial charge in [0.15, 0.2) is 0 Å². The maximum Gasteiger partial charge on any atom is 0.129 e. The molecule has 2 heterocycles. The van der Waals surface area contributed by atoms with Gasteiger partial charge in [-0.25, -0.2) is 4.98 Å². The van der Waals surface area contributed by atoms with Crippen LogP contribution in [0, 0.1) is 0 Å². The second-order valence-electron chi connectivity index (χ2n) is 4.59. The van der Waals surface area contributed by atoms with Crippen molar-refractivity contribution in [3.05, 3.63) is 48.0 Å². The highest BCUT2D eigenvalue weighted by Gasteiger charge is 2.30. The number of hydrogen-bond acceptors (Lipinski definition) is 3. The molecule has 1 fully saturated rings. The number of alkyl halides is 1. The molecular formula is C14H15ClN2O. The average Bonchev–Trinajstić information content (AvgIpc) is 3.13. The second-order valence-corrected chi connectivity index (χ2v) is 4.86. The highest BCUT2D eigenvalue weighted by molar-refractivity contribution is 6.17. The SMILES string of the molecule is ClCc1ccnc(N(Cc2ccco2)C2CC2)c1.